The number of nitro benzene ring substituents is 1. The Balaban J connectivity index is 1.44. The first-order valence-corrected chi connectivity index (χ1v) is 12.3. The van der Waals surface area contributed by atoms with Crippen molar-refractivity contribution < 1.29 is 4.92 Å². The number of nitrogens with one attached hydrogen (secondary N) is 1. The number of anilines is 1. The van der Waals surface area contributed by atoms with E-state index in [-0.39, 0.29) is 10.6 Å². The van der Waals surface area contributed by atoms with Gasteiger partial charge in [0, 0.05) is 34.3 Å². The third-order valence-corrected chi connectivity index (χ3v) is 7.00. The number of rotatable bonds is 7. The summed E-state index contributed by atoms with van der Waals surface area (Å²) in [6, 6.07) is 28.0. The molecule has 0 aliphatic rings. The molecule has 0 saturated heterocycles. The van der Waals surface area contributed by atoms with Crippen LogP contribution in [0.5, 0.6) is 0 Å². The Hall–Kier alpha value is -4.83. The number of fused-ring (bicyclic) bond motifs is 2. The molecule has 0 aliphatic heterocycles. The highest BCUT2D eigenvalue weighted by Gasteiger charge is 2.24. The molecule has 37 heavy (non-hydrogen) atoms. The summed E-state index contributed by atoms with van der Waals surface area (Å²) in [6.07, 6.45) is 2.82. The number of pyridine rings is 2. The van der Waals surface area contributed by atoms with Gasteiger partial charge >= 0.3 is 0 Å². The molecule has 10 heteroatoms. The molecule has 180 valence electrons. The predicted octanol–water partition coefficient (Wildman–Crippen LogP) is 6.09. The number of aromatic nitrogens is 5. The van der Waals surface area contributed by atoms with E-state index in [9.17, 15) is 10.1 Å². The van der Waals surface area contributed by atoms with Crippen LogP contribution >= 0.6 is 11.8 Å². The summed E-state index contributed by atoms with van der Waals surface area (Å²) in [5.41, 5.74) is 2.96. The van der Waals surface area contributed by atoms with Crippen molar-refractivity contribution in [3.63, 3.8) is 0 Å². The molecule has 1 N–H and O–H groups in total. The molecule has 9 nitrogen and oxygen atoms in total. The zero-order valence-electron chi connectivity index (χ0n) is 19.3. The van der Waals surface area contributed by atoms with E-state index in [4.69, 9.17) is 0 Å². The van der Waals surface area contributed by atoms with Crippen LogP contribution in [-0.4, -0.2) is 29.9 Å². The van der Waals surface area contributed by atoms with E-state index in [1.807, 2.05) is 78.9 Å². The number of nitrogens with zero attached hydrogens (tertiary/aromatic N) is 6. The summed E-state index contributed by atoms with van der Waals surface area (Å²) in [7, 11) is 0. The molecule has 3 aromatic carbocycles. The lowest BCUT2D eigenvalue weighted by Crippen LogP contribution is -2.21. The first-order valence-electron chi connectivity index (χ1n) is 11.4. The fraction of sp³-hybridized carbons (Fsp3) is 0.0370. The fourth-order valence-corrected chi connectivity index (χ4v) is 5.19. The zero-order chi connectivity index (χ0) is 25.2. The first-order chi connectivity index (χ1) is 18.2. The van der Waals surface area contributed by atoms with Crippen LogP contribution in [0.2, 0.25) is 0 Å². The minimum atomic E-state index is -0.584. The van der Waals surface area contributed by atoms with Gasteiger partial charge in [0.15, 0.2) is 0 Å². The number of nitro groups is 1. The molecule has 0 bridgehead atoms. The highest BCUT2D eigenvalue weighted by Crippen LogP contribution is 2.39. The van der Waals surface area contributed by atoms with E-state index < -0.39 is 6.17 Å². The maximum Gasteiger partial charge on any atom is 0.283 e. The minimum Gasteiger partial charge on any atom is -0.345 e. The Morgan fingerprint density at radius 3 is 2.57 bits per heavy atom. The molecule has 0 spiro atoms. The van der Waals surface area contributed by atoms with Gasteiger partial charge in [-0.2, -0.15) is 0 Å². The second kappa shape index (κ2) is 9.67. The first kappa shape index (κ1) is 22.6. The van der Waals surface area contributed by atoms with E-state index in [0.29, 0.717) is 16.3 Å². The van der Waals surface area contributed by atoms with Crippen LogP contribution in [0.25, 0.3) is 21.9 Å². The van der Waals surface area contributed by atoms with Crippen LogP contribution in [-0.2, 0) is 0 Å². The van der Waals surface area contributed by atoms with Crippen molar-refractivity contribution in [1.82, 2.24) is 25.0 Å². The van der Waals surface area contributed by atoms with Crippen LogP contribution in [0.1, 0.15) is 11.7 Å². The standard InChI is InChI=1S/C27H19N7O2S/c35-34(36)22-17-19(13-14-23(22)37-24-11-5-7-18-8-6-16-29-26(18)24)27(30-25-12-3-4-15-28-25)33-21-10-2-1-9-20(21)31-32-33/h1-17,27H,(H,28,30)/t27-/m1/s1. The minimum absolute atomic E-state index is 0.00678. The molecule has 0 unspecified atom stereocenters. The van der Waals surface area contributed by atoms with Crippen LogP contribution in [0.3, 0.4) is 0 Å². The van der Waals surface area contributed by atoms with E-state index in [1.54, 1.807) is 29.2 Å². The van der Waals surface area contributed by atoms with E-state index in [0.717, 1.165) is 26.8 Å². The van der Waals surface area contributed by atoms with E-state index in [1.165, 1.54) is 11.8 Å². The Morgan fingerprint density at radius 2 is 1.70 bits per heavy atom. The highest BCUT2D eigenvalue weighted by molar-refractivity contribution is 7.99. The molecule has 3 aromatic heterocycles. The summed E-state index contributed by atoms with van der Waals surface area (Å²) < 4.78 is 1.71. The smallest absolute Gasteiger partial charge is 0.283 e. The number of hydrogen-bond acceptors (Lipinski definition) is 8. The predicted molar refractivity (Wildman–Crippen MR) is 142 cm³/mol. The third kappa shape index (κ3) is 4.45. The summed E-state index contributed by atoms with van der Waals surface area (Å²) in [5.74, 6) is 0.606. The summed E-state index contributed by atoms with van der Waals surface area (Å²) in [5, 5.41) is 25.2. The molecular formula is C27H19N7O2S. The Bertz CT molecular complexity index is 1730. The van der Waals surface area contributed by atoms with Crippen molar-refractivity contribution in [3.05, 3.63) is 119 Å². The molecular weight excluding hydrogens is 486 g/mol. The molecule has 1 atom stereocenters. The lowest BCUT2D eigenvalue weighted by molar-refractivity contribution is -0.387. The van der Waals surface area contributed by atoms with E-state index >= 15 is 0 Å². The number of benzene rings is 3. The summed E-state index contributed by atoms with van der Waals surface area (Å²) in [6.45, 7) is 0. The topological polar surface area (TPSA) is 112 Å². The van der Waals surface area contributed by atoms with Crippen LogP contribution in [0, 0.1) is 10.1 Å². The van der Waals surface area contributed by atoms with Gasteiger partial charge in [-0.15, -0.1) is 5.10 Å². The Kier molecular flexibility index (Phi) is 5.91. The maximum atomic E-state index is 12.2. The third-order valence-electron chi connectivity index (χ3n) is 5.88. The molecule has 6 aromatic rings. The molecule has 0 aliphatic carbocycles. The van der Waals surface area contributed by atoms with Gasteiger partial charge in [0.25, 0.3) is 5.69 Å². The van der Waals surface area contributed by atoms with E-state index in [2.05, 4.69) is 25.6 Å². The van der Waals surface area contributed by atoms with Gasteiger partial charge in [0.05, 0.1) is 20.9 Å². The average Bonchev–Trinajstić information content (AvgIpc) is 3.37. The van der Waals surface area contributed by atoms with Gasteiger partial charge in [-0.1, -0.05) is 59.4 Å². The normalized spacial score (nSPS) is 12.0. The van der Waals surface area contributed by atoms with Crippen molar-refractivity contribution in [2.75, 3.05) is 5.32 Å². The van der Waals surface area contributed by atoms with Crippen LogP contribution < -0.4 is 5.32 Å². The van der Waals surface area contributed by atoms with Crippen molar-refractivity contribution in [1.29, 1.82) is 0 Å². The van der Waals surface area contributed by atoms with Gasteiger partial charge in [-0.25, -0.2) is 9.67 Å². The molecule has 0 fully saturated rings. The molecule has 3 heterocycles. The molecule has 0 radical (unpaired) electrons. The van der Waals surface area contributed by atoms with Crippen molar-refractivity contribution >= 4 is 45.2 Å². The number of para-hydroxylation sites is 2. The second-order valence-electron chi connectivity index (χ2n) is 8.20. The van der Waals surface area contributed by atoms with Gasteiger partial charge in [-0.3, -0.25) is 15.1 Å². The fourth-order valence-electron chi connectivity index (χ4n) is 4.16. The second-order valence-corrected chi connectivity index (χ2v) is 9.29. The molecule has 0 amide bonds. The average molecular weight is 506 g/mol. The number of hydrogen-bond donors (Lipinski definition) is 1. The van der Waals surface area contributed by atoms with Crippen LogP contribution in [0.4, 0.5) is 11.5 Å². The SMILES string of the molecule is O=[N+]([O-])c1cc([C@H](Nc2ccccn2)n2nnc3ccccc32)ccc1Sc1cccc2cccnc12. The largest absolute Gasteiger partial charge is 0.345 e. The summed E-state index contributed by atoms with van der Waals surface area (Å²) >= 11 is 1.32. The van der Waals surface area contributed by atoms with Crippen molar-refractivity contribution in [3.8, 4) is 0 Å². The van der Waals surface area contributed by atoms with Crippen LogP contribution in [0.15, 0.2) is 113 Å². The Labute approximate surface area is 215 Å². The van der Waals surface area contributed by atoms with Gasteiger partial charge in [0.1, 0.15) is 17.5 Å². The zero-order valence-corrected chi connectivity index (χ0v) is 20.1. The Morgan fingerprint density at radius 1 is 0.865 bits per heavy atom. The lowest BCUT2D eigenvalue weighted by Gasteiger charge is -2.21. The maximum absolute atomic E-state index is 12.2. The molecule has 6 rings (SSSR count). The van der Waals surface area contributed by atoms with Crippen molar-refractivity contribution in [2.24, 2.45) is 0 Å². The van der Waals surface area contributed by atoms with Gasteiger partial charge in [0.2, 0.25) is 0 Å². The molecule has 0 saturated carbocycles. The highest BCUT2D eigenvalue weighted by atomic mass is 32.2. The summed E-state index contributed by atoms with van der Waals surface area (Å²) in [4.78, 5) is 22.1. The van der Waals surface area contributed by atoms with Gasteiger partial charge in [-0.05, 0) is 42.5 Å². The quantitative estimate of drug-likeness (QED) is 0.205. The monoisotopic (exact) mass is 505 g/mol. The lowest BCUT2D eigenvalue weighted by atomic mass is 10.1. The van der Waals surface area contributed by atoms with Gasteiger partial charge < -0.3 is 5.32 Å². The van der Waals surface area contributed by atoms with Crippen molar-refractivity contribution in [2.45, 2.75) is 16.0 Å².